The van der Waals surface area contributed by atoms with E-state index in [-0.39, 0.29) is 5.41 Å². The summed E-state index contributed by atoms with van der Waals surface area (Å²) < 4.78 is 0. The summed E-state index contributed by atoms with van der Waals surface area (Å²) in [5.74, 6) is 0.810. The molecule has 0 heterocycles. The van der Waals surface area contributed by atoms with Crippen LogP contribution in [-0.2, 0) is 5.41 Å². The van der Waals surface area contributed by atoms with E-state index in [0.29, 0.717) is 11.8 Å². The molecule has 0 fully saturated rings. The van der Waals surface area contributed by atoms with Crippen LogP contribution in [0.25, 0.3) is 16.7 Å². The molecule has 0 spiro atoms. The Kier molecular flexibility index (Phi) is 4.68. The molecular formula is C35H32. The van der Waals surface area contributed by atoms with Crippen LogP contribution in [-0.4, -0.2) is 0 Å². The van der Waals surface area contributed by atoms with Crippen LogP contribution in [0.2, 0.25) is 0 Å². The second-order valence-corrected chi connectivity index (χ2v) is 11.1. The highest BCUT2D eigenvalue weighted by Gasteiger charge is 2.40. The lowest BCUT2D eigenvalue weighted by Crippen LogP contribution is -2.40. The van der Waals surface area contributed by atoms with Gasteiger partial charge in [0, 0.05) is 17.3 Å². The van der Waals surface area contributed by atoms with Crippen molar-refractivity contribution in [3.8, 4) is 0 Å². The van der Waals surface area contributed by atoms with Gasteiger partial charge in [0.05, 0.1) is 0 Å². The minimum atomic E-state index is 0.0601. The molecule has 2 unspecified atom stereocenters. The third-order valence-electron chi connectivity index (χ3n) is 8.90. The molecule has 0 radical (unpaired) electrons. The molecular weight excluding hydrogens is 420 g/mol. The lowest BCUT2D eigenvalue weighted by molar-refractivity contribution is 0.646. The van der Waals surface area contributed by atoms with E-state index in [1.807, 2.05) is 0 Å². The Labute approximate surface area is 208 Å². The summed E-state index contributed by atoms with van der Waals surface area (Å²) in [5.41, 5.74) is 12.3. The van der Waals surface area contributed by atoms with Gasteiger partial charge in [-0.05, 0) is 80.7 Å². The van der Waals surface area contributed by atoms with Crippen LogP contribution in [0.3, 0.4) is 0 Å². The van der Waals surface area contributed by atoms with Gasteiger partial charge < -0.3 is 0 Å². The highest BCUT2D eigenvalue weighted by atomic mass is 14.4. The number of hydrogen-bond acceptors (Lipinski definition) is 0. The van der Waals surface area contributed by atoms with Crippen LogP contribution < -0.4 is 10.4 Å². The zero-order chi connectivity index (χ0) is 23.6. The second kappa shape index (κ2) is 7.82. The van der Waals surface area contributed by atoms with Gasteiger partial charge >= 0.3 is 0 Å². The van der Waals surface area contributed by atoms with Gasteiger partial charge in [-0.25, -0.2) is 0 Å². The summed E-state index contributed by atoms with van der Waals surface area (Å²) >= 11 is 0. The SMILES string of the molecule is CC1(C)C2=C(CCC(C3=c4ccccc4=C(C4=CC=CCC4)C4C=CC=CC34)=C2)c2ccccc21. The Balaban J connectivity index is 1.49. The Morgan fingerprint density at radius 1 is 0.714 bits per heavy atom. The topological polar surface area (TPSA) is 0 Å². The first-order valence-electron chi connectivity index (χ1n) is 13.2. The second-order valence-electron chi connectivity index (χ2n) is 11.1. The summed E-state index contributed by atoms with van der Waals surface area (Å²) in [4.78, 5) is 0. The number of rotatable bonds is 2. The van der Waals surface area contributed by atoms with Gasteiger partial charge in [-0.2, -0.15) is 0 Å². The zero-order valence-corrected chi connectivity index (χ0v) is 20.7. The van der Waals surface area contributed by atoms with E-state index in [0.717, 1.165) is 25.7 Å². The predicted octanol–water partition coefficient (Wildman–Crippen LogP) is 7.10. The van der Waals surface area contributed by atoms with Crippen molar-refractivity contribution in [2.45, 2.75) is 44.9 Å². The fourth-order valence-electron chi connectivity index (χ4n) is 7.29. The highest BCUT2D eigenvalue weighted by Crippen LogP contribution is 2.53. The molecule has 2 aromatic rings. The third kappa shape index (κ3) is 3.05. The molecule has 35 heavy (non-hydrogen) atoms. The van der Waals surface area contributed by atoms with Crippen molar-refractivity contribution in [1.29, 1.82) is 0 Å². The first-order valence-corrected chi connectivity index (χ1v) is 13.2. The molecule has 0 aliphatic heterocycles. The standard InChI is InChI=1S/C35H32/c1-35(2)31-19-11-10-14-25(31)26-21-20-24(22-32(26)35)34-29-17-8-6-15-27(29)33(23-12-4-3-5-13-23)28-16-7-9-18-30(28)34/h3-4,6-12,14-19,22,27,29H,5,13,20-21H2,1-2H3. The minimum Gasteiger partial charge on any atom is -0.0842 e. The number of hydrogen-bond donors (Lipinski definition) is 0. The normalized spacial score (nSPS) is 25.5. The molecule has 5 aliphatic carbocycles. The largest absolute Gasteiger partial charge is 0.0842 e. The Morgan fingerprint density at radius 2 is 1.40 bits per heavy atom. The van der Waals surface area contributed by atoms with Gasteiger partial charge in [-0.15, -0.1) is 0 Å². The monoisotopic (exact) mass is 452 g/mol. The summed E-state index contributed by atoms with van der Waals surface area (Å²) in [6.07, 6.45) is 23.5. The van der Waals surface area contributed by atoms with Crippen molar-refractivity contribution in [1.82, 2.24) is 0 Å². The van der Waals surface area contributed by atoms with Crippen LogP contribution in [0, 0.1) is 11.8 Å². The highest BCUT2D eigenvalue weighted by molar-refractivity contribution is 5.87. The van der Waals surface area contributed by atoms with Crippen LogP contribution in [0.15, 0.2) is 114 Å². The van der Waals surface area contributed by atoms with Gasteiger partial charge in [0.2, 0.25) is 0 Å². The average molecular weight is 453 g/mol. The first-order chi connectivity index (χ1) is 17.1. The molecule has 0 saturated carbocycles. The zero-order valence-electron chi connectivity index (χ0n) is 20.7. The fourth-order valence-corrected chi connectivity index (χ4v) is 7.29. The summed E-state index contributed by atoms with van der Waals surface area (Å²) in [6, 6.07) is 18.3. The summed E-state index contributed by atoms with van der Waals surface area (Å²) in [7, 11) is 0. The quantitative estimate of drug-likeness (QED) is 0.456. The molecule has 5 aliphatic rings. The number of benzene rings is 2. The number of allylic oxidation sites excluding steroid dienone is 12. The van der Waals surface area contributed by atoms with Crippen LogP contribution in [0.4, 0.5) is 0 Å². The van der Waals surface area contributed by atoms with Gasteiger partial charge in [-0.3, -0.25) is 0 Å². The lowest BCUT2D eigenvalue weighted by Gasteiger charge is -2.36. The Hall–Kier alpha value is -3.38. The lowest BCUT2D eigenvalue weighted by atomic mass is 9.67. The molecule has 0 nitrogen and oxygen atoms in total. The fraction of sp³-hybridized carbons (Fsp3) is 0.257. The molecule has 2 aromatic carbocycles. The van der Waals surface area contributed by atoms with E-state index in [4.69, 9.17) is 0 Å². The van der Waals surface area contributed by atoms with Gasteiger partial charge in [0.15, 0.2) is 0 Å². The molecule has 2 atom stereocenters. The maximum atomic E-state index is 2.59. The molecule has 0 N–H and O–H groups in total. The molecule has 0 amide bonds. The third-order valence-corrected chi connectivity index (χ3v) is 8.90. The van der Waals surface area contributed by atoms with E-state index in [1.54, 1.807) is 22.3 Å². The summed E-state index contributed by atoms with van der Waals surface area (Å²) in [6.45, 7) is 4.82. The van der Waals surface area contributed by atoms with Crippen molar-refractivity contribution in [2.24, 2.45) is 11.8 Å². The Morgan fingerprint density at radius 3 is 2.11 bits per heavy atom. The molecule has 7 rings (SSSR count). The van der Waals surface area contributed by atoms with E-state index in [2.05, 4.69) is 111 Å². The van der Waals surface area contributed by atoms with Gasteiger partial charge in [0.25, 0.3) is 0 Å². The van der Waals surface area contributed by atoms with Crippen molar-refractivity contribution < 1.29 is 0 Å². The van der Waals surface area contributed by atoms with Crippen LogP contribution in [0.5, 0.6) is 0 Å². The van der Waals surface area contributed by atoms with Gasteiger partial charge in [0.1, 0.15) is 0 Å². The maximum Gasteiger partial charge on any atom is 0.0155 e. The van der Waals surface area contributed by atoms with Crippen molar-refractivity contribution >= 4 is 16.7 Å². The van der Waals surface area contributed by atoms with E-state index in [9.17, 15) is 0 Å². The van der Waals surface area contributed by atoms with Crippen molar-refractivity contribution in [3.63, 3.8) is 0 Å². The average Bonchev–Trinajstić information content (AvgIpc) is 3.14. The van der Waals surface area contributed by atoms with Crippen LogP contribution in [0.1, 0.15) is 50.7 Å². The number of fused-ring (bicyclic) bond motifs is 4. The van der Waals surface area contributed by atoms with Crippen LogP contribution >= 0.6 is 0 Å². The van der Waals surface area contributed by atoms with E-state index < -0.39 is 0 Å². The molecule has 0 bridgehead atoms. The van der Waals surface area contributed by atoms with E-state index >= 15 is 0 Å². The van der Waals surface area contributed by atoms with E-state index in [1.165, 1.54) is 32.7 Å². The van der Waals surface area contributed by atoms with Crippen molar-refractivity contribution in [2.75, 3.05) is 0 Å². The van der Waals surface area contributed by atoms with Gasteiger partial charge in [-0.1, -0.05) is 111 Å². The molecule has 172 valence electrons. The first kappa shape index (κ1) is 20.9. The Bertz CT molecular complexity index is 1560. The summed E-state index contributed by atoms with van der Waals surface area (Å²) in [5, 5.41) is 2.89. The maximum absolute atomic E-state index is 2.59. The molecule has 0 heteroatoms. The van der Waals surface area contributed by atoms with Crippen molar-refractivity contribution in [3.05, 3.63) is 135 Å². The smallest absolute Gasteiger partial charge is 0.0155 e. The molecule has 0 saturated heterocycles. The molecule has 0 aromatic heterocycles. The predicted molar refractivity (Wildman–Crippen MR) is 148 cm³/mol. The minimum absolute atomic E-state index is 0.0601.